The molecule has 7 nitrogen and oxygen atoms in total. The van der Waals surface area contributed by atoms with Crippen LogP contribution < -0.4 is 10.7 Å². The van der Waals surface area contributed by atoms with Crippen LogP contribution in [0.25, 0.3) is 0 Å². The third-order valence-electron chi connectivity index (χ3n) is 3.81. The summed E-state index contributed by atoms with van der Waals surface area (Å²) in [6, 6.07) is 4.73. The van der Waals surface area contributed by atoms with Gasteiger partial charge in [-0.2, -0.15) is 5.10 Å². The molecule has 0 atom stereocenters. The Balaban J connectivity index is 1.82. The second-order valence-electron chi connectivity index (χ2n) is 5.99. The first-order valence-electron chi connectivity index (χ1n) is 8.24. The van der Waals surface area contributed by atoms with Crippen LogP contribution in [0.5, 0.6) is 0 Å². The Morgan fingerprint density at radius 3 is 2.46 bits per heavy atom. The molecule has 1 fully saturated rings. The fourth-order valence-electron chi connectivity index (χ4n) is 2.49. The average molecular weight is 399 g/mol. The Bertz CT molecular complexity index is 731. The van der Waals surface area contributed by atoms with Crippen LogP contribution in [0, 0.1) is 0 Å². The second kappa shape index (κ2) is 9.54. The molecule has 1 aromatic rings. The Kier molecular flexibility index (Phi) is 7.41. The fraction of sp³-hybridized carbons (Fsp3) is 0.412. The van der Waals surface area contributed by atoms with E-state index >= 15 is 0 Å². The van der Waals surface area contributed by atoms with E-state index in [4.69, 9.17) is 23.2 Å². The number of hydrogen-bond donors (Lipinski definition) is 2. The Morgan fingerprint density at radius 2 is 1.81 bits per heavy atom. The molecule has 0 saturated carbocycles. The van der Waals surface area contributed by atoms with Gasteiger partial charge in [-0.1, -0.05) is 23.2 Å². The van der Waals surface area contributed by atoms with Crippen LogP contribution in [0.2, 0.25) is 10.0 Å². The first-order chi connectivity index (χ1) is 12.4. The Hall–Kier alpha value is -2.12. The van der Waals surface area contributed by atoms with Gasteiger partial charge >= 0.3 is 11.8 Å². The molecule has 0 aromatic heterocycles. The normalized spacial score (nSPS) is 14.7. The second-order valence-corrected chi connectivity index (χ2v) is 6.81. The molecule has 1 aliphatic heterocycles. The van der Waals surface area contributed by atoms with E-state index in [1.165, 1.54) is 11.0 Å². The molecule has 1 heterocycles. The van der Waals surface area contributed by atoms with Gasteiger partial charge in [0.15, 0.2) is 0 Å². The third-order valence-corrected chi connectivity index (χ3v) is 4.54. The van der Waals surface area contributed by atoms with E-state index in [0.717, 1.165) is 19.3 Å². The van der Waals surface area contributed by atoms with Gasteiger partial charge in [0.1, 0.15) is 0 Å². The van der Waals surface area contributed by atoms with Crippen LogP contribution in [-0.2, 0) is 14.4 Å². The minimum Gasteiger partial charge on any atom is -0.334 e. The predicted octanol–water partition coefficient (Wildman–Crippen LogP) is 2.83. The monoisotopic (exact) mass is 398 g/mol. The van der Waals surface area contributed by atoms with E-state index in [1.54, 1.807) is 19.1 Å². The Labute approximate surface area is 161 Å². The van der Waals surface area contributed by atoms with Gasteiger partial charge in [0.05, 0.1) is 16.5 Å². The summed E-state index contributed by atoms with van der Waals surface area (Å²) in [6.45, 7) is 2.75. The van der Waals surface area contributed by atoms with Crippen LogP contribution in [0.4, 0.5) is 5.69 Å². The largest absolute Gasteiger partial charge is 0.334 e. The van der Waals surface area contributed by atoms with Gasteiger partial charge in [0, 0.05) is 24.5 Å². The fourth-order valence-corrected chi connectivity index (χ4v) is 2.78. The van der Waals surface area contributed by atoms with Crippen LogP contribution >= 0.6 is 23.2 Å². The number of rotatable bonds is 4. The van der Waals surface area contributed by atoms with Crippen molar-refractivity contribution in [1.82, 2.24) is 10.3 Å². The molecule has 0 aliphatic carbocycles. The molecule has 9 heteroatoms. The molecule has 1 saturated heterocycles. The zero-order chi connectivity index (χ0) is 19.1. The van der Waals surface area contributed by atoms with E-state index in [-0.39, 0.29) is 12.3 Å². The number of benzene rings is 1. The number of hydrogen-bond acceptors (Lipinski definition) is 4. The lowest BCUT2D eigenvalue weighted by Gasteiger charge is -2.25. The van der Waals surface area contributed by atoms with Crippen LogP contribution in [-0.4, -0.2) is 41.4 Å². The topological polar surface area (TPSA) is 90.9 Å². The maximum atomic E-state index is 12.0. The molecule has 0 radical (unpaired) electrons. The number of hydrazone groups is 1. The standard InChI is InChI=1S/C17H20Cl2N4O3/c1-11(9-15(24)20-12-5-6-13(18)14(19)10-12)21-22-16(25)17(26)23-7-3-2-4-8-23/h5-6,10H,2-4,7-9H2,1H3,(H,20,24)(H,22,25)/b21-11+. The number of amides is 3. The molecule has 0 spiro atoms. The molecule has 140 valence electrons. The van der Waals surface area contributed by atoms with Crippen molar-refractivity contribution < 1.29 is 14.4 Å². The Morgan fingerprint density at radius 1 is 1.12 bits per heavy atom. The van der Waals surface area contributed by atoms with Gasteiger partial charge in [-0.3, -0.25) is 14.4 Å². The lowest BCUT2D eigenvalue weighted by Crippen LogP contribution is -2.44. The highest BCUT2D eigenvalue weighted by molar-refractivity contribution is 6.42. The lowest BCUT2D eigenvalue weighted by atomic mass is 10.1. The SMILES string of the molecule is C/C(CC(=O)Nc1ccc(Cl)c(Cl)c1)=N\NC(=O)C(=O)N1CCCCC1. The third kappa shape index (κ3) is 6.00. The van der Waals surface area contributed by atoms with Crippen molar-refractivity contribution in [1.29, 1.82) is 0 Å². The number of anilines is 1. The number of carbonyl (C=O) groups is 3. The smallest absolute Gasteiger partial charge is 0.329 e. The number of nitrogens with one attached hydrogen (secondary N) is 2. The van der Waals surface area contributed by atoms with Crippen molar-refractivity contribution in [2.45, 2.75) is 32.6 Å². The number of halogens is 2. The van der Waals surface area contributed by atoms with Gasteiger partial charge in [0.2, 0.25) is 5.91 Å². The number of piperidine rings is 1. The summed E-state index contributed by atoms with van der Waals surface area (Å²) in [4.78, 5) is 37.3. The maximum Gasteiger partial charge on any atom is 0.329 e. The van der Waals surface area contributed by atoms with Crippen LogP contribution in [0.15, 0.2) is 23.3 Å². The summed E-state index contributed by atoms with van der Waals surface area (Å²) in [5.74, 6) is -1.72. The van der Waals surface area contributed by atoms with E-state index in [9.17, 15) is 14.4 Å². The quantitative estimate of drug-likeness (QED) is 0.464. The highest BCUT2D eigenvalue weighted by Gasteiger charge is 2.23. The number of carbonyl (C=O) groups excluding carboxylic acids is 3. The molecule has 3 amide bonds. The molecule has 2 rings (SSSR count). The molecule has 0 bridgehead atoms. The molecule has 1 aromatic carbocycles. The van der Waals surface area contributed by atoms with Gasteiger partial charge in [-0.05, 0) is 44.4 Å². The molecule has 0 unspecified atom stereocenters. The van der Waals surface area contributed by atoms with E-state index in [2.05, 4.69) is 15.8 Å². The van der Waals surface area contributed by atoms with Crippen molar-refractivity contribution >= 4 is 52.3 Å². The van der Waals surface area contributed by atoms with Crippen molar-refractivity contribution in [3.63, 3.8) is 0 Å². The molecule has 26 heavy (non-hydrogen) atoms. The van der Waals surface area contributed by atoms with E-state index < -0.39 is 11.8 Å². The van der Waals surface area contributed by atoms with Crippen LogP contribution in [0.1, 0.15) is 32.6 Å². The molecular formula is C17H20Cl2N4O3. The first kappa shape index (κ1) is 20.2. The molecule has 1 aliphatic rings. The van der Waals surface area contributed by atoms with E-state index in [0.29, 0.717) is 34.5 Å². The zero-order valence-electron chi connectivity index (χ0n) is 14.3. The molecule has 2 N–H and O–H groups in total. The van der Waals surface area contributed by atoms with Gasteiger partial charge < -0.3 is 10.2 Å². The summed E-state index contributed by atoms with van der Waals surface area (Å²) < 4.78 is 0. The van der Waals surface area contributed by atoms with Crippen molar-refractivity contribution in [3.05, 3.63) is 28.2 Å². The predicted molar refractivity (Wildman–Crippen MR) is 101 cm³/mol. The highest BCUT2D eigenvalue weighted by atomic mass is 35.5. The number of likely N-dealkylation sites (tertiary alicyclic amines) is 1. The summed E-state index contributed by atoms with van der Waals surface area (Å²) >= 11 is 11.7. The lowest BCUT2D eigenvalue weighted by molar-refractivity contribution is -0.146. The summed E-state index contributed by atoms with van der Waals surface area (Å²) in [7, 11) is 0. The average Bonchev–Trinajstić information content (AvgIpc) is 2.62. The van der Waals surface area contributed by atoms with Crippen molar-refractivity contribution in [2.24, 2.45) is 5.10 Å². The van der Waals surface area contributed by atoms with Gasteiger partial charge in [0.25, 0.3) is 0 Å². The van der Waals surface area contributed by atoms with Crippen molar-refractivity contribution in [3.8, 4) is 0 Å². The highest BCUT2D eigenvalue weighted by Crippen LogP contribution is 2.25. The van der Waals surface area contributed by atoms with Crippen molar-refractivity contribution in [2.75, 3.05) is 18.4 Å². The first-order valence-corrected chi connectivity index (χ1v) is 8.99. The maximum absolute atomic E-state index is 12.0. The van der Waals surface area contributed by atoms with Gasteiger partial charge in [-0.15, -0.1) is 0 Å². The van der Waals surface area contributed by atoms with Gasteiger partial charge in [-0.25, -0.2) is 5.43 Å². The summed E-state index contributed by atoms with van der Waals surface area (Å²) in [5.41, 5.74) is 3.07. The summed E-state index contributed by atoms with van der Waals surface area (Å²) in [5, 5.41) is 7.19. The zero-order valence-corrected chi connectivity index (χ0v) is 15.9. The van der Waals surface area contributed by atoms with E-state index in [1.807, 2.05) is 0 Å². The van der Waals surface area contributed by atoms with Crippen LogP contribution in [0.3, 0.4) is 0 Å². The summed E-state index contributed by atoms with van der Waals surface area (Å²) in [6.07, 6.45) is 2.82. The number of nitrogens with zero attached hydrogens (tertiary/aromatic N) is 2. The minimum absolute atomic E-state index is 0.0432. The minimum atomic E-state index is -0.795. The molecular weight excluding hydrogens is 379 g/mol.